The van der Waals surface area contributed by atoms with E-state index in [0.717, 1.165) is 38.9 Å². The lowest BCUT2D eigenvalue weighted by atomic mass is 10.1. The SMILES string of the molecule is c1ccc(-c2nc(-c3cccnc3)nc(-c3ccc4c(c3)c3cccnc3n4-c3ccccn3)n2)nc1. The quantitative estimate of drug-likeness (QED) is 0.327. The van der Waals surface area contributed by atoms with Gasteiger partial charge in [0.15, 0.2) is 17.5 Å². The average Bonchev–Trinajstić information content (AvgIpc) is 3.32. The van der Waals surface area contributed by atoms with Crippen LogP contribution < -0.4 is 0 Å². The van der Waals surface area contributed by atoms with Crippen molar-refractivity contribution in [3.8, 4) is 40.1 Å². The van der Waals surface area contributed by atoms with Crippen molar-refractivity contribution in [1.82, 2.24) is 39.5 Å². The fraction of sp³-hybridized carbons (Fsp3) is 0. The van der Waals surface area contributed by atoms with Crippen molar-refractivity contribution in [2.45, 2.75) is 0 Å². The Labute approximate surface area is 211 Å². The molecule has 6 heterocycles. The highest BCUT2D eigenvalue weighted by atomic mass is 15.1. The van der Waals surface area contributed by atoms with Gasteiger partial charge in [-0.3, -0.25) is 14.5 Å². The maximum Gasteiger partial charge on any atom is 0.182 e. The third-order valence-electron chi connectivity index (χ3n) is 6.11. The molecule has 0 fully saturated rings. The number of rotatable bonds is 4. The lowest BCUT2D eigenvalue weighted by molar-refractivity contribution is 1.05. The predicted octanol–water partition coefficient (Wildman–Crippen LogP) is 5.55. The van der Waals surface area contributed by atoms with E-state index in [-0.39, 0.29) is 0 Å². The summed E-state index contributed by atoms with van der Waals surface area (Å²) in [4.78, 5) is 32.3. The second-order valence-electron chi connectivity index (χ2n) is 8.39. The first-order chi connectivity index (χ1) is 18.3. The van der Waals surface area contributed by atoms with Crippen LogP contribution in [0.5, 0.6) is 0 Å². The monoisotopic (exact) mass is 478 g/mol. The van der Waals surface area contributed by atoms with Crippen molar-refractivity contribution in [3.05, 3.63) is 110 Å². The van der Waals surface area contributed by atoms with Crippen LogP contribution in [0.3, 0.4) is 0 Å². The largest absolute Gasteiger partial charge is 0.278 e. The molecule has 6 aromatic heterocycles. The molecule has 0 radical (unpaired) electrons. The molecule has 0 spiro atoms. The molecule has 0 aliphatic carbocycles. The first-order valence-electron chi connectivity index (χ1n) is 11.7. The van der Waals surface area contributed by atoms with Gasteiger partial charge in [-0.2, -0.15) is 0 Å². The molecule has 0 aliphatic heterocycles. The highest BCUT2D eigenvalue weighted by molar-refractivity contribution is 6.08. The molecule has 7 aromatic rings. The van der Waals surface area contributed by atoms with Crippen LogP contribution >= 0.6 is 0 Å². The van der Waals surface area contributed by atoms with E-state index in [9.17, 15) is 0 Å². The minimum atomic E-state index is 0.502. The molecule has 0 aliphatic rings. The molecule has 0 saturated heterocycles. The smallest absolute Gasteiger partial charge is 0.182 e. The van der Waals surface area contributed by atoms with E-state index in [2.05, 4.69) is 42.7 Å². The van der Waals surface area contributed by atoms with Crippen LogP contribution in [-0.2, 0) is 0 Å². The number of nitrogens with zero attached hydrogens (tertiary/aromatic N) is 8. The Morgan fingerprint density at radius 3 is 2.11 bits per heavy atom. The fourth-order valence-electron chi connectivity index (χ4n) is 4.44. The van der Waals surface area contributed by atoms with E-state index in [1.807, 2.05) is 60.7 Å². The van der Waals surface area contributed by atoms with E-state index in [1.165, 1.54) is 0 Å². The highest BCUT2D eigenvalue weighted by Gasteiger charge is 2.17. The van der Waals surface area contributed by atoms with Gasteiger partial charge in [-0.15, -0.1) is 0 Å². The van der Waals surface area contributed by atoms with Gasteiger partial charge in [0.25, 0.3) is 0 Å². The van der Waals surface area contributed by atoms with Crippen LogP contribution in [-0.4, -0.2) is 39.5 Å². The van der Waals surface area contributed by atoms with Crippen molar-refractivity contribution >= 4 is 21.9 Å². The second kappa shape index (κ2) is 8.69. The first kappa shape index (κ1) is 21.0. The molecule has 8 nitrogen and oxygen atoms in total. The van der Waals surface area contributed by atoms with E-state index < -0.39 is 0 Å². The molecule has 0 amide bonds. The molecule has 0 N–H and O–H groups in total. The van der Waals surface area contributed by atoms with Gasteiger partial charge >= 0.3 is 0 Å². The summed E-state index contributed by atoms with van der Waals surface area (Å²) in [6.07, 6.45) is 8.79. The molecular formula is C29H18N8. The molecule has 0 unspecified atom stereocenters. The van der Waals surface area contributed by atoms with Crippen molar-refractivity contribution in [2.24, 2.45) is 0 Å². The molecule has 8 heteroatoms. The van der Waals surface area contributed by atoms with Crippen LogP contribution in [0.1, 0.15) is 0 Å². The van der Waals surface area contributed by atoms with Gasteiger partial charge < -0.3 is 0 Å². The molecule has 37 heavy (non-hydrogen) atoms. The number of hydrogen-bond acceptors (Lipinski definition) is 7. The summed E-state index contributed by atoms with van der Waals surface area (Å²) >= 11 is 0. The zero-order chi connectivity index (χ0) is 24.6. The Balaban J connectivity index is 1.46. The van der Waals surface area contributed by atoms with Crippen LogP contribution in [0, 0.1) is 0 Å². The van der Waals surface area contributed by atoms with Gasteiger partial charge in [-0.05, 0) is 66.7 Å². The molecular weight excluding hydrogens is 460 g/mol. The number of hydrogen-bond donors (Lipinski definition) is 0. The summed E-state index contributed by atoms with van der Waals surface area (Å²) in [5.41, 5.74) is 4.19. The van der Waals surface area contributed by atoms with E-state index in [0.29, 0.717) is 23.2 Å². The maximum absolute atomic E-state index is 4.83. The summed E-state index contributed by atoms with van der Waals surface area (Å²) < 4.78 is 2.07. The minimum Gasteiger partial charge on any atom is -0.278 e. The summed E-state index contributed by atoms with van der Waals surface area (Å²) in [5, 5.41) is 2.06. The third kappa shape index (κ3) is 3.68. The summed E-state index contributed by atoms with van der Waals surface area (Å²) in [6.45, 7) is 0. The topological polar surface area (TPSA) is 95.2 Å². The van der Waals surface area contributed by atoms with E-state index in [4.69, 9.17) is 15.0 Å². The van der Waals surface area contributed by atoms with E-state index in [1.54, 1.807) is 31.0 Å². The molecule has 0 saturated carbocycles. The first-order valence-corrected chi connectivity index (χ1v) is 11.7. The summed E-state index contributed by atoms with van der Waals surface area (Å²) in [6, 6.07) is 25.5. The number of aromatic nitrogens is 8. The van der Waals surface area contributed by atoms with Crippen LogP contribution in [0.15, 0.2) is 110 Å². The maximum atomic E-state index is 4.83. The lowest BCUT2D eigenvalue weighted by Gasteiger charge is -2.08. The lowest BCUT2D eigenvalue weighted by Crippen LogP contribution is -2.01. The number of pyridine rings is 4. The Morgan fingerprint density at radius 1 is 0.541 bits per heavy atom. The van der Waals surface area contributed by atoms with Crippen molar-refractivity contribution < 1.29 is 0 Å². The second-order valence-corrected chi connectivity index (χ2v) is 8.39. The Hall–Kier alpha value is -5.37. The summed E-state index contributed by atoms with van der Waals surface area (Å²) in [5.74, 6) is 2.41. The van der Waals surface area contributed by atoms with Crippen molar-refractivity contribution in [2.75, 3.05) is 0 Å². The van der Waals surface area contributed by atoms with Crippen LogP contribution in [0.4, 0.5) is 0 Å². The summed E-state index contributed by atoms with van der Waals surface area (Å²) in [7, 11) is 0. The Kier molecular flexibility index (Phi) is 4.92. The van der Waals surface area contributed by atoms with Gasteiger partial charge in [0, 0.05) is 52.9 Å². The predicted molar refractivity (Wildman–Crippen MR) is 142 cm³/mol. The Morgan fingerprint density at radius 2 is 1.32 bits per heavy atom. The minimum absolute atomic E-state index is 0.502. The molecule has 174 valence electrons. The number of fused-ring (bicyclic) bond motifs is 3. The van der Waals surface area contributed by atoms with Crippen molar-refractivity contribution in [1.29, 1.82) is 0 Å². The van der Waals surface area contributed by atoms with Crippen molar-refractivity contribution in [3.63, 3.8) is 0 Å². The van der Waals surface area contributed by atoms with Gasteiger partial charge in [0.1, 0.15) is 17.2 Å². The van der Waals surface area contributed by atoms with Gasteiger partial charge in [0.05, 0.1) is 5.52 Å². The average molecular weight is 479 g/mol. The zero-order valence-electron chi connectivity index (χ0n) is 19.5. The molecule has 7 rings (SSSR count). The van der Waals surface area contributed by atoms with Crippen LogP contribution in [0.2, 0.25) is 0 Å². The standard InChI is InChI=1S/C29H18N8/c1-3-14-31-23(9-1)28-35-26(34-27(36-28)20-7-5-13-30-18-20)19-11-12-24-22(17-19)21-8-6-16-33-29(21)37(24)25-10-2-4-15-32-25/h1-18H. The zero-order valence-corrected chi connectivity index (χ0v) is 19.5. The van der Waals surface area contributed by atoms with Gasteiger partial charge in [0.2, 0.25) is 0 Å². The Bertz CT molecular complexity index is 1810. The van der Waals surface area contributed by atoms with E-state index >= 15 is 0 Å². The van der Waals surface area contributed by atoms with Gasteiger partial charge in [-0.25, -0.2) is 24.9 Å². The normalized spacial score (nSPS) is 11.2. The van der Waals surface area contributed by atoms with Crippen LogP contribution in [0.25, 0.3) is 62.0 Å². The molecule has 0 bridgehead atoms. The third-order valence-corrected chi connectivity index (χ3v) is 6.11. The number of benzene rings is 1. The van der Waals surface area contributed by atoms with Gasteiger partial charge in [-0.1, -0.05) is 12.1 Å². The fourth-order valence-corrected chi connectivity index (χ4v) is 4.44. The molecule has 1 aromatic carbocycles. The molecule has 0 atom stereocenters. The highest BCUT2D eigenvalue weighted by Crippen LogP contribution is 2.33.